The molecule has 0 radical (unpaired) electrons. The highest BCUT2D eigenvalue weighted by Crippen LogP contribution is 2.30. The third-order valence-corrected chi connectivity index (χ3v) is 5.27. The summed E-state index contributed by atoms with van der Waals surface area (Å²) in [5.74, 6) is -2.33. The molecule has 0 aromatic heterocycles. The molecule has 0 aliphatic carbocycles. The Bertz CT molecular complexity index is 1280. The van der Waals surface area contributed by atoms with Crippen LogP contribution >= 0.6 is 11.8 Å². The first-order valence-electron chi connectivity index (χ1n) is 10.6. The van der Waals surface area contributed by atoms with E-state index < -0.39 is 22.9 Å². The van der Waals surface area contributed by atoms with E-state index in [-0.39, 0.29) is 53.4 Å². The predicted molar refractivity (Wildman–Crippen MR) is 130 cm³/mol. The average Bonchev–Trinajstić information content (AvgIpc) is 2.86. The molecule has 0 aliphatic heterocycles. The number of nitrogens with one attached hydrogen (secondary N) is 1. The number of hydrogen-bond acceptors (Lipinski definition) is 8. The van der Waals surface area contributed by atoms with Crippen molar-refractivity contribution in [2.75, 3.05) is 12.3 Å². The molecule has 11 heteroatoms. The lowest BCUT2D eigenvalue weighted by Crippen LogP contribution is -2.23. The van der Waals surface area contributed by atoms with Gasteiger partial charge in [0, 0.05) is 30.9 Å². The smallest absolute Gasteiger partial charge is 0.373 e. The van der Waals surface area contributed by atoms with E-state index >= 15 is 0 Å². The van der Waals surface area contributed by atoms with E-state index in [0.29, 0.717) is 0 Å². The van der Waals surface area contributed by atoms with E-state index in [1.807, 2.05) is 6.07 Å². The molecule has 0 unspecified atom stereocenters. The van der Waals surface area contributed by atoms with Gasteiger partial charge in [-0.15, -0.1) is 0 Å². The van der Waals surface area contributed by atoms with Gasteiger partial charge in [0.05, 0.1) is 0 Å². The molecule has 0 bridgehead atoms. The Labute approximate surface area is 215 Å². The topological polar surface area (TPSA) is 116 Å². The quantitative estimate of drug-likeness (QED) is 0.328. The number of rotatable bonds is 8. The van der Waals surface area contributed by atoms with Crippen LogP contribution in [0.15, 0.2) is 66.7 Å². The zero-order chi connectivity index (χ0) is 27.2. The van der Waals surface area contributed by atoms with Crippen LogP contribution in [0.5, 0.6) is 5.75 Å². The zero-order valence-corrected chi connectivity index (χ0v) is 20.3. The number of carbonyl (C=O) groups excluding carboxylic acids is 5. The molecular formula is C26H21F2NO7S. The highest BCUT2D eigenvalue weighted by atomic mass is 32.2. The van der Waals surface area contributed by atoms with Gasteiger partial charge in [0.25, 0.3) is 0 Å². The minimum absolute atomic E-state index is 0.0202. The standard InChI is InChI=1S/C25H21F2NO5S.CO2/c1-16(29)28-11-12-34-25(31)33-23-10-7-18(20-9-8-19(26)14-22(20)27)13-21(23)24(30)32-15-17-5-3-2-4-6-17;2-1-3/h2-10,13-14H,11-12,15H2,1H3,(H,28,29);. The van der Waals surface area contributed by atoms with Crippen molar-refractivity contribution in [1.82, 2.24) is 5.32 Å². The van der Waals surface area contributed by atoms with Gasteiger partial charge in [0.2, 0.25) is 5.91 Å². The molecule has 192 valence electrons. The molecule has 0 fully saturated rings. The van der Waals surface area contributed by atoms with Crippen LogP contribution in [0.3, 0.4) is 0 Å². The van der Waals surface area contributed by atoms with Crippen LogP contribution in [0, 0.1) is 11.6 Å². The largest absolute Gasteiger partial charge is 0.457 e. The van der Waals surface area contributed by atoms with Crippen molar-refractivity contribution in [3.63, 3.8) is 0 Å². The van der Waals surface area contributed by atoms with Crippen molar-refractivity contribution in [3.8, 4) is 16.9 Å². The van der Waals surface area contributed by atoms with Gasteiger partial charge in [-0.2, -0.15) is 9.59 Å². The maximum atomic E-state index is 14.3. The molecule has 3 aromatic rings. The van der Waals surface area contributed by atoms with Gasteiger partial charge in [-0.05, 0) is 47.2 Å². The first kappa shape index (κ1) is 28.9. The van der Waals surface area contributed by atoms with Crippen LogP contribution in [-0.2, 0) is 25.7 Å². The minimum Gasteiger partial charge on any atom is -0.457 e. The third kappa shape index (κ3) is 9.67. The number of hydrogen-bond donors (Lipinski definition) is 1. The van der Waals surface area contributed by atoms with Gasteiger partial charge in [0.1, 0.15) is 29.6 Å². The summed E-state index contributed by atoms with van der Waals surface area (Å²) in [6.45, 7) is 1.61. The molecular weight excluding hydrogens is 508 g/mol. The highest BCUT2D eigenvalue weighted by molar-refractivity contribution is 8.13. The minimum atomic E-state index is -0.804. The first-order valence-corrected chi connectivity index (χ1v) is 11.6. The van der Waals surface area contributed by atoms with Crippen LogP contribution in [0.25, 0.3) is 11.1 Å². The Balaban J connectivity index is 0.00000153. The highest BCUT2D eigenvalue weighted by Gasteiger charge is 2.20. The molecule has 0 saturated carbocycles. The summed E-state index contributed by atoms with van der Waals surface area (Å²) < 4.78 is 38.3. The second-order valence-electron chi connectivity index (χ2n) is 7.16. The molecule has 37 heavy (non-hydrogen) atoms. The predicted octanol–water partition coefficient (Wildman–Crippen LogP) is 4.77. The molecule has 1 N–H and O–H groups in total. The van der Waals surface area contributed by atoms with E-state index in [1.165, 1.54) is 31.2 Å². The SMILES string of the molecule is CC(=O)NCCSC(=O)Oc1ccc(-c2ccc(F)cc2F)cc1C(=O)OCc1ccccc1.O=C=O. The van der Waals surface area contributed by atoms with E-state index in [1.54, 1.807) is 24.3 Å². The van der Waals surface area contributed by atoms with Crippen LogP contribution in [0.1, 0.15) is 22.8 Å². The summed E-state index contributed by atoms with van der Waals surface area (Å²) in [6, 6.07) is 16.2. The van der Waals surface area contributed by atoms with Crippen LogP contribution in [0.4, 0.5) is 13.6 Å². The summed E-state index contributed by atoms with van der Waals surface area (Å²) in [5.41, 5.74) is 1.01. The fraction of sp³-hybridized carbons (Fsp3) is 0.154. The maximum Gasteiger partial charge on any atom is 0.373 e. The second-order valence-corrected chi connectivity index (χ2v) is 8.19. The van der Waals surface area contributed by atoms with Crippen LogP contribution in [-0.4, -0.2) is 35.6 Å². The average molecular weight is 530 g/mol. The molecule has 0 atom stereocenters. The number of halogens is 2. The Kier molecular flexibility index (Phi) is 11.7. The van der Waals surface area contributed by atoms with Crippen molar-refractivity contribution in [2.24, 2.45) is 0 Å². The zero-order valence-electron chi connectivity index (χ0n) is 19.5. The molecule has 0 spiro atoms. The molecule has 0 aliphatic rings. The lowest BCUT2D eigenvalue weighted by Gasteiger charge is -2.13. The number of esters is 1. The van der Waals surface area contributed by atoms with Gasteiger partial charge >= 0.3 is 17.4 Å². The Morgan fingerprint density at radius 3 is 2.32 bits per heavy atom. The molecule has 8 nitrogen and oxygen atoms in total. The molecule has 3 rings (SSSR count). The van der Waals surface area contributed by atoms with Gasteiger partial charge in [0.15, 0.2) is 0 Å². The maximum absolute atomic E-state index is 14.3. The van der Waals surface area contributed by atoms with Crippen molar-refractivity contribution in [3.05, 3.63) is 89.5 Å². The van der Waals surface area contributed by atoms with Gasteiger partial charge < -0.3 is 14.8 Å². The number of benzene rings is 3. The van der Waals surface area contributed by atoms with Gasteiger partial charge in [-0.3, -0.25) is 4.79 Å². The summed E-state index contributed by atoms with van der Waals surface area (Å²) in [5, 5.41) is 1.87. The Hall–Kier alpha value is -4.34. The van der Waals surface area contributed by atoms with E-state index in [4.69, 9.17) is 19.1 Å². The number of carbonyl (C=O) groups is 3. The normalized spacial score (nSPS) is 9.81. The summed E-state index contributed by atoms with van der Waals surface area (Å²) in [6.07, 6.45) is 0.250. The fourth-order valence-corrected chi connectivity index (χ4v) is 3.47. The van der Waals surface area contributed by atoms with Gasteiger partial charge in [-0.1, -0.05) is 36.4 Å². The van der Waals surface area contributed by atoms with Crippen molar-refractivity contribution in [2.45, 2.75) is 13.5 Å². The van der Waals surface area contributed by atoms with Crippen molar-refractivity contribution >= 4 is 35.1 Å². The summed E-state index contributed by atoms with van der Waals surface area (Å²) in [7, 11) is 0. The Morgan fingerprint density at radius 2 is 1.68 bits per heavy atom. The lowest BCUT2D eigenvalue weighted by molar-refractivity contribution is -0.191. The van der Waals surface area contributed by atoms with Crippen molar-refractivity contribution < 1.29 is 42.2 Å². The van der Waals surface area contributed by atoms with Gasteiger partial charge in [-0.25, -0.2) is 18.4 Å². The summed E-state index contributed by atoms with van der Waals surface area (Å²) in [4.78, 5) is 52.3. The molecule has 0 saturated heterocycles. The monoisotopic (exact) mass is 529 g/mol. The molecule has 1 amide bonds. The number of thioether (sulfide) groups is 1. The van der Waals surface area contributed by atoms with E-state index in [9.17, 15) is 23.2 Å². The third-order valence-electron chi connectivity index (χ3n) is 4.54. The van der Waals surface area contributed by atoms with E-state index in [2.05, 4.69) is 5.32 Å². The Morgan fingerprint density at radius 1 is 0.973 bits per heavy atom. The number of amides is 1. The van der Waals surface area contributed by atoms with E-state index in [0.717, 1.165) is 29.5 Å². The fourth-order valence-electron chi connectivity index (χ4n) is 2.95. The van der Waals surface area contributed by atoms with Crippen LogP contribution in [0.2, 0.25) is 0 Å². The lowest BCUT2D eigenvalue weighted by atomic mass is 10.0. The second kappa shape index (κ2) is 14.9. The molecule has 0 heterocycles. The first-order chi connectivity index (χ1) is 17.7. The van der Waals surface area contributed by atoms with Crippen LogP contribution < -0.4 is 10.1 Å². The molecule has 3 aromatic carbocycles. The summed E-state index contributed by atoms with van der Waals surface area (Å²) >= 11 is 0.819. The number of ether oxygens (including phenoxy) is 2. The van der Waals surface area contributed by atoms with Crippen molar-refractivity contribution in [1.29, 1.82) is 0 Å².